The molecule has 4 nitrogen and oxygen atoms in total. The van der Waals surface area contributed by atoms with E-state index in [0.29, 0.717) is 12.8 Å². The predicted molar refractivity (Wildman–Crippen MR) is 79.5 cm³/mol. The zero-order valence-electron chi connectivity index (χ0n) is 11.3. The first-order valence-electron chi connectivity index (χ1n) is 6.64. The molecule has 0 bridgehead atoms. The molecule has 1 N–H and O–H groups in total. The van der Waals surface area contributed by atoms with E-state index in [2.05, 4.69) is 15.9 Å². The Bertz CT molecular complexity index is 419. The number of halogens is 1. The van der Waals surface area contributed by atoms with E-state index in [4.69, 9.17) is 4.74 Å². The van der Waals surface area contributed by atoms with Crippen molar-refractivity contribution in [3.05, 3.63) is 35.9 Å². The Hall–Kier alpha value is -1.20. The van der Waals surface area contributed by atoms with Gasteiger partial charge in [-0.2, -0.15) is 0 Å². The molecular formula is C15H19BrO4. The van der Waals surface area contributed by atoms with Gasteiger partial charge >= 0.3 is 5.97 Å². The van der Waals surface area contributed by atoms with Crippen LogP contribution in [0.1, 0.15) is 31.2 Å². The minimum Gasteiger partial charge on any atom is -0.455 e. The molecule has 1 atom stereocenters. The molecule has 1 aromatic carbocycles. The molecule has 1 unspecified atom stereocenters. The van der Waals surface area contributed by atoms with E-state index in [0.717, 1.165) is 23.7 Å². The summed E-state index contributed by atoms with van der Waals surface area (Å²) >= 11 is 3.31. The average molecular weight is 343 g/mol. The molecule has 0 amide bonds. The predicted octanol–water partition coefficient (Wildman–Crippen LogP) is 2.62. The summed E-state index contributed by atoms with van der Waals surface area (Å²) in [6.07, 6.45) is 1.65. The van der Waals surface area contributed by atoms with Crippen molar-refractivity contribution in [1.29, 1.82) is 0 Å². The third kappa shape index (κ3) is 6.30. The largest absolute Gasteiger partial charge is 0.455 e. The summed E-state index contributed by atoms with van der Waals surface area (Å²) in [5.74, 6) is -1.83. The number of ketones is 1. The van der Waals surface area contributed by atoms with Gasteiger partial charge in [-0.1, -0.05) is 59.1 Å². The van der Waals surface area contributed by atoms with Crippen LogP contribution in [0.4, 0.5) is 0 Å². The van der Waals surface area contributed by atoms with Crippen LogP contribution in [0.25, 0.3) is 0 Å². The number of Topliss-reactive ketones (excluding diaryl/α,β-unsaturated/α-hetero) is 1. The summed E-state index contributed by atoms with van der Waals surface area (Å²) in [6, 6.07) is 9.10. The minimum atomic E-state index is -1.26. The van der Waals surface area contributed by atoms with Crippen molar-refractivity contribution in [3.63, 3.8) is 0 Å². The SMILES string of the molecule is O=C(OCc1ccccc1)C(=O)C(O)CCCCCBr. The van der Waals surface area contributed by atoms with E-state index in [9.17, 15) is 14.7 Å². The van der Waals surface area contributed by atoms with Gasteiger partial charge in [0.2, 0.25) is 0 Å². The lowest BCUT2D eigenvalue weighted by atomic mass is 10.1. The van der Waals surface area contributed by atoms with E-state index < -0.39 is 17.9 Å². The number of unbranched alkanes of at least 4 members (excludes halogenated alkanes) is 2. The second-order valence-electron chi connectivity index (χ2n) is 4.48. The Labute approximate surface area is 127 Å². The number of aliphatic hydroxyl groups is 1. The standard InChI is InChI=1S/C15H19BrO4/c16-10-6-2-5-9-13(17)14(18)15(19)20-11-12-7-3-1-4-8-12/h1,3-4,7-8,13,17H,2,5-6,9-11H2. The first kappa shape index (κ1) is 16.9. The summed E-state index contributed by atoms with van der Waals surface area (Å²) in [7, 11) is 0. The number of alkyl halides is 1. The molecule has 20 heavy (non-hydrogen) atoms. The number of aliphatic hydroxyl groups excluding tert-OH is 1. The Morgan fingerprint density at radius 3 is 2.50 bits per heavy atom. The molecule has 5 heteroatoms. The highest BCUT2D eigenvalue weighted by molar-refractivity contribution is 9.09. The quantitative estimate of drug-likeness (QED) is 0.324. The third-order valence-electron chi connectivity index (χ3n) is 2.83. The molecule has 0 aliphatic rings. The number of hydrogen-bond acceptors (Lipinski definition) is 4. The summed E-state index contributed by atoms with van der Waals surface area (Å²) in [4.78, 5) is 23.1. The molecule has 0 saturated heterocycles. The molecule has 0 saturated carbocycles. The van der Waals surface area contributed by atoms with Crippen LogP contribution in [-0.2, 0) is 20.9 Å². The van der Waals surface area contributed by atoms with Crippen LogP contribution >= 0.6 is 15.9 Å². The van der Waals surface area contributed by atoms with Crippen molar-refractivity contribution in [2.45, 2.75) is 38.4 Å². The average Bonchev–Trinajstić information content (AvgIpc) is 2.49. The lowest BCUT2D eigenvalue weighted by Gasteiger charge is -2.09. The third-order valence-corrected chi connectivity index (χ3v) is 3.39. The summed E-state index contributed by atoms with van der Waals surface area (Å²) in [5.41, 5.74) is 0.806. The molecule has 110 valence electrons. The number of carbonyl (C=O) groups excluding carboxylic acids is 2. The van der Waals surface area contributed by atoms with Crippen molar-refractivity contribution in [1.82, 2.24) is 0 Å². The summed E-state index contributed by atoms with van der Waals surface area (Å²) < 4.78 is 4.88. The second kappa shape index (κ2) is 9.66. The maximum absolute atomic E-state index is 11.6. The molecule has 1 aromatic rings. The van der Waals surface area contributed by atoms with Crippen molar-refractivity contribution < 1.29 is 19.4 Å². The number of rotatable bonds is 9. The van der Waals surface area contributed by atoms with Gasteiger partial charge in [-0.25, -0.2) is 4.79 Å². The number of ether oxygens (including phenoxy) is 1. The Morgan fingerprint density at radius 2 is 1.85 bits per heavy atom. The lowest BCUT2D eigenvalue weighted by molar-refractivity contribution is -0.158. The van der Waals surface area contributed by atoms with Crippen molar-refractivity contribution in [3.8, 4) is 0 Å². The van der Waals surface area contributed by atoms with Gasteiger partial charge in [0, 0.05) is 5.33 Å². The molecule has 0 aliphatic carbocycles. The summed E-state index contributed by atoms with van der Waals surface area (Å²) in [5, 5.41) is 10.5. The summed E-state index contributed by atoms with van der Waals surface area (Å²) in [6.45, 7) is 0.0434. The van der Waals surface area contributed by atoms with Crippen LogP contribution < -0.4 is 0 Å². The molecule has 1 rings (SSSR count). The highest BCUT2D eigenvalue weighted by Gasteiger charge is 2.24. The van der Waals surface area contributed by atoms with Gasteiger partial charge in [-0.3, -0.25) is 4.79 Å². The van der Waals surface area contributed by atoms with E-state index in [1.807, 2.05) is 18.2 Å². The Kier molecular flexibility index (Phi) is 8.14. The molecule has 0 spiro atoms. The molecule has 0 fully saturated rings. The molecule has 0 heterocycles. The molecule has 0 aromatic heterocycles. The normalized spacial score (nSPS) is 11.9. The van der Waals surface area contributed by atoms with Crippen LogP contribution in [0.15, 0.2) is 30.3 Å². The Morgan fingerprint density at radius 1 is 1.15 bits per heavy atom. The van der Waals surface area contributed by atoms with E-state index >= 15 is 0 Å². The van der Waals surface area contributed by atoms with Crippen molar-refractivity contribution >= 4 is 27.7 Å². The number of esters is 1. The van der Waals surface area contributed by atoms with Crippen molar-refractivity contribution in [2.24, 2.45) is 0 Å². The van der Waals surface area contributed by atoms with E-state index in [1.54, 1.807) is 12.1 Å². The van der Waals surface area contributed by atoms with Crippen LogP contribution in [0, 0.1) is 0 Å². The van der Waals surface area contributed by atoms with Gasteiger partial charge in [-0.05, 0) is 18.4 Å². The Balaban J connectivity index is 2.29. The van der Waals surface area contributed by atoms with Crippen LogP contribution in [0.3, 0.4) is 0 Å². The highest BCUT2D eigenvalue weighted by atomic mass is 79.9. The maximum Gasteiger partial charge on any atom is 0.377 e. The lowest BCUT2D eigenvalue weighted by Crippen LogP contribution is -2.30. The first-order valence-corrected chi connectivity index (χ1v) is 7.76. The van der Waals surface area contributed by atoms with Gasteiger partial charge in [0.25, 0.3) is 5.78 Å². The van der Waals surface area contributed by atoms with Gasteiger partial charge in [0.15, 0.2) is 0 Å². The maximum atomic E-state index is 11.6. The second-order valence-corrected chi connectivity index (χ2v) is 5.27. The van der Waals surface area contributed by atoms with Crippen LogP contribution in [0.5, 0.6) is 0 Å². The van der Waals surface area contributed by atoms with Gasteiger partial charge in [0.05, 0.1) is 0 Å². The fourth-order valence-corrected chi connectivity index (χ4v) is 2.07. The highest BCUT2D eigenvalue weighted by Crippen LogP contribution is 2.07. The smallest absolute Gasteiger partial charge is 0.377 e. The monoisotopic (exact) mass is 342 g/mol. The molecule has 0 aliphatic heterocycles. The van der Waals surface area contributed by atoms with E-state index in [1.165, 1.54) is 0 Å². The minimum absolute atomic E-state index is 0.0434. The van der Waals surface area contributed by atoms with Crippen LogP contribution in [0.2, 0.25) is 0 Å². The van der Waals surface area contributed by atoms with Gasteiger partial charge in [0.1, 0.15) is 12.7 Å². The molecule has 0 radical (unpaired) electrons. The van der Waals surface area contributed by atoms with Gasteiger partial charge < -0.3 is 9.84 Å². The number of benzene rings is 1. The first-order chi connectivity index (χ1) is 9.65. The van der Waals surface area contributed by atoms with Crippen LogP contribution in [-0.4, -0.2) is 28.3 Å². The van der Waals surface area contributed by atoms with Gasteiger partial charge in [-0.15, -0.1) is 0 Å². The zero-order chi connectivity index (χ0) is 14.8. The zero-order valence-corrected chi connectivity index (χ0v) is 12.8. The number of carbonyl (C=O) groups is 2. The fourth-order valence-electron chi connectivity index (χ4n) is 1.67. The van der Waals surface area contributed by atoms with E-state index in [-0.39, 0.29) is 6.61 Å². The van der Waals surface area contributed by atoms with Crippen molar-refractivity contribution in [2.75, 3.05) is 5.33 Å². The molecular weight excluding hydrogens is 324 g/mol. The fraction of sp³-hybridized carbons (Fsp3) is 0.467. The number of hydrogen-bond donors (Lipinski definition) is 1. The topological polar surface area (TPSA) is 63.6 Å².